The van der Waals surface area contributed by atoms with Crippen molar-refractivity contribution in [2.75, 3.05) is 31.5 Å². The summed E-state index contributed by atoms with van der Waals surface area (Å²) in [5.74, 6) is 1.21. The van der Waals surface area contributed by atoms with E-state index in [0.29, 0.717) is 58.6 Å². The lowest BCUT2D eigenvalue weighted by molar-refractivity contribution is 0.328. The van der Waals surface area contributed by atoms with Crippen molar-refractivity contribution in [2.24, 2.45) is 0 Å². The number of piperidine rings is 2. The number of H-pyrrole nitrogens is 1. The van der Waals surface area contributed by atoms with Crippen LogP contribution in [0.3, 0.4) is 0 Å². The third-order valence-electron chi connectivity index (χ3n) is 7.02. The van der Waals surface area contributed by atoms with Crippen molar-refractivity contribution in [3.8, 4) is 10.6 Å². The molecule has 192 valence electrons. The molecular formula is C25H32N6O3S2. The van der Waals surface area contributed by atoms with Crippen LogP contribution in [0.4, 0.5) is 5.82 Å². The number of carbonyl (C=O) groups excluding carboxylic acids is 1. The number of fused-ring (bicyclic) bond motifs is 1. The maximum absolute atomic E-state index is 13.5. The fourth-order valence-electron chi connectivity index (χ4n) is 4.95. The number of aromatic amines is 1. The molecule has 0 amide bonds. The van der Waals surface area contributed by atoms with Gasteiger partial charge in [0.25, 0.3) is 5.56 Å². The molecule has 0 aliphatic carbocycles. The molecule has 4 heterocycles. The van der Waals surface area contributed by atoms with Crippen LogP contribution in [-0.2, 0) is 14.5 Å². The Kier molecular flexibility index (Phi) is 7.25. The largest absolute Gasteiger partial charge is 0.365 e. The van der Waals surface area contributed by atoms with Gasteiger partial charge in [0.15, 0.2) is 0 Å². The molecule has 2 fully saturated rings. The van der Waals surface area contributed by atoms with Crippen molar-refractivity contribution in [1.29, 1.82) is 0 Å². The lowest BCUT2D eigenvalue weighted by Gasteiger charge is -2.33. The fourth-order valence-corrected chi connectivity index (χ4v) is 7.54. The van der Waals surface area contributed by atoms with E-state index in [4.69, 9.17) is 9.97 Å². The molecule has 2 unspecified atom stereocenters. The summed E-state index contributed by atoms with van der Waals surface area (Å²) in [4.78, 5) is 38.4. The highest BCUT2D eigenvalue weighted by atomic mass is 32.2. The summed E-state index contributed by atoms with van der Waals surface area (Å²) >= 11 is 1.49. The first-order valence-corrected chi connectivity index (χ1v) is 14.8. The molecule has 2 saturated heterocycles. The van der Waals surface area contributed by atoms with E-state index < -0.39 is 9.71 Å². The van der Waals surface area contributed by atoms with E-state index in [0.717, 1.165) is 36.1 Å². The van der Waals surface area contributed by atoms with Crippen molar-refractivity contribution < 1.29 is 9.00 Å². The Morgan fingerprint density at radius 3 is 2.64 bits per heavy atom. The maximum atomic E-state index is 13.5. The molecule has 0 saturated carbocycles. The lowest BCUT2D eigenvalue weighted by atomic mass is 9.97. The minimum absolute atomic E-state index is 0.0101. The molecule has 0 bridgehead atoms. The summed E-state index contributed by atoms with van der Waals surface area (Å²) in [6.07, 6.45) is 3.38. The molecule has 2 aliphatic rings. The SMILES string of the molecule is CC(C)=S(=O)(C=O)N1CCC(c2nc(NC3CCCNC3)c(-c3nc4ccccc4s3)c(=O)[nH]2)CC1. The number of hydrogen-bond donors (Lipinski definition) is 3. The van der Waals surface area contributed by atoms with Gasteiger partial charge >= 0.3 is 0 Å². The molecular weight excluding hydrogens is 496 g/mol. The molecule has 3 N–H and O–H groups in total. The zero-order valence-corrected chi connectivity index (χ0v) is 22.2. The Morgan fingerprint density at radius 2 is 1.97 bits per heavy atom. The third kappa shape index (κ3) is 4.84. The Hall–Kier alpha value is -2.60. The van der Waals surface area contributed by atoms with Crippen molar-refractivity contribution >= 4 is 47.6 Å². The van der Waals surface area contributed by atoms with E-state index >= 15 is 0 Å². The number of anilines is 1. The quantitative estimate of drug-likeness (QED) is 0.332. The van der Waals surface area contributed by atoms with E-state index in [2.05, 4.69) is 15.6 Å². The Labute approximate surface area is 214 Å². The van der Waals surface area contributed by atoms with E-state index in [9.17, 15) is 13.8 Å². The predicted molar refractivity (Wildman–Crippen MR) is 148 cm³/mol. The van der Waals surface area contributed by atoms with Crippen molar-refractivity contribution in [3.63, 3.8) is 0 Å². The fraction of sp³-hybridized carbons (Fsp3) is 0.480. The summed E-state index contributed by atoms with van der Waals surface area (Å²) in [6.45, 7) is 6.29. The average Bonchev–Trinajstić information content (AvgIpc) is 3.32. The molecule has 2 atom stereocenters. The topological polar surface area (TPSA) is 120 Å². The molecule has 0 spiro atoms. The molecule has 11 heteroatoms. The van der Waals surface area contributed by atoms with Gasteiger partial charge in [-0.15, -0.1) is 11.3 Å². The summed E-state index contributed by atoms with van der Waals surface area (Å²) in [7, 11) is -2.79. The first-order chi connectivity index (χ1) is 17.4. The van der Waals surface area contributed by atoms with Crippen LogP contribution in [0, 0.1) is 0 Å². The van der Waals surface area contributed by atoms with Crippen molar-refractivity contribution in [2.45, 2.75) is 51.5 Å². The van der Waals surface area contributed by atoms with Gasteiger partial charge in [-0.1, -0.05) is 12.1 Å². The summed E-state index contributed by atoms with van der Waals surface area (Å²) in [6, 6.07) is 8.04. The van der Waals surface area contributed by atoms with E-state index in [1.807, 2.05) is 24.3 Å². The molecule has 2 aliphatic heterocycles. The number of hydrogen-bond acceptors (Lipinski definition) is 8. The van der Waals surface area contributed by atoms with Gasteiger partial charge in [-0.3, -0.25) is 9.59 Å². The second kappa shape index (κ2) is 10.4. The number of benzene rings is 1. The average molecular weight is 529 g/mol. The van der Waals surface area contributed by atoms with E-state index in [1.165, 1.54) is 11.3 Å². The normalized spacial score (nSPS) is 21.2. The van der Waals surface area contributed by atoms with Gasteiger partial charge in [0.1, 0.15) is 22.2 Å². The Balaban J connectivity index is 1.48. The number of rotatable bonds is 6. The number of aromatic nitrogens is 3. The van der Waals surface area contributed by atoms with Gasteiger partial charge in [0, 0.05) is 31.6 Å². The number of para-hydroxylation sites is 1. The number of nitrogens with zero attached hydrogens (tertiary/aromatic N) is 3. The minimum Gasteiger partial charge on any atom is -0.365 e. The molecule has 1 aromatic carbocycles. The van der Waals surface area contributed by atoms with Crippen LogP contribution in [0.15, 0.2) is 29.1 Å². The molecule has 2 aromatic heterocycles. The zero-order valence-electron chi connectivity index (χ0n) is 20.6. The third-order valence-corrected chi connectivity index (χ3v) is 10.6. The van der Waals surface area contributed by atoms with Crippen LogP contribution < -0.4 is 16.2 Å². The molecule has 0 radical (unpaired) electrons. The van der Waals surface area contributed by atoms with Crippen molar-refractivity contribution in [1.82, 2.24) is 24.6 Å². The Bertz CT molecular complexity index is 1400. The van der Waals surface area contributed by atoms with Gasteiger partial charge in [0.05, 0.1) is 19.9 Å². The highest BCUT2D eigenvalue weighted by Crippen LogP contribution is 2.34. The Morgan fingerprint density at radius 1 is 1.19 bits per heavy atom. The van der Waals surface area contributed by atoms with Crippen LogP contribution in [0.2, 0.25) is 0 Å². The van der Waals surface area contributed by atoms with Crippen LogP contribution in [0.1, 0.15) is 51.3 Å². The number of thiazole rings is 1. The van der Waals surface area contributed by atoms with Crippen molar-refractivity contribution in [3.05, 3.63) is 40.4 Å². The second-order valence-corrected chi connectivity index (χ2v) is 13.3. The zero-order chi connectivity index (χ0) is 25.3. The first kappa shape index (κ1) is 25.1. The van der Waals surface area contributed by atoms with Crippen LogP contribution in [0.25, 0.3) is 20.8 Å². The maximum Gasteiger partial charge on any atom is 0.263 e. The van der Waals surface area contributed by atoms with Gasteiger partial charge in [0.2, 0.25) is 5.62 Å². The molecule has 3 aromatic rings. The van der Waals surface area contributed by atoms with Gasteiger partial charge in [-0.25, -0.2) is 18.5 Å². The lowest BCUT2D eigenvalue weighted by Crippen LogP contribution is -2.41. The summed E-state index contributed by atoms with van der Waals surface area (Å²) < 4.78 is 15.9. The molecule has 9 nitrogen and oxygen atoms in total. The molecule has 36 heavy (non-hydrogen) atoms. The second-order valence-electron chi connectivity index (χ2n) is 9.63. The van der Waals surface area contributed by atoms with Gasteiger partial charge in [-0.05, 0) is 63.1 Å². The van der Waals surface area contributed by atoms with Crippen LogP contribution in [-0.4, -0.2) is 66.2 Å². The summed E-state index contributed by atoms with van der Waals surface area (Å²) in [5, 5.41) is 7.60. The van der Waals surface area contributed by atoms with Crippen LogP contribution in [0.5, 0.6) is 0 Å². The monoisotopic (exact) mass is 528 g/mol. The number of nitrogens with one attached hydrogen (secondary N) is 3. The highest BCUT2D eigenvalue weighted by Gasteiger charge is 2.30. The molecule has 5 rings (SSSR count). The minimum atomic E-state index is -2.79. The smallest absolute Gasteiger partial charge is 0.263 e. The highest BCUT2D eigenvalue weighted by molar-refractivity contribution is 8.11. The van der Waals surface area contributed by atoms with Gasteiger partial charge < -0.3 is 15.6 Å². The van der Waals surface area contributed by atoms with Gasteiger partial charge in [-0.2, -0.15) is 0 Å². The standard InChI is InChI=1S/C25H32N6O3S2/c1-16(2)36(34,15-32)31-12-9-17(10-13-31)22-29-23(27-18-6-5-11-26-14-18)21(24(33)30-22)25-28-19-7-3-4-8-20(19)35-25/h3-4,7-8,15,17-18,26H,5-6,9-14H2,1-2H3,(H2,27,29,30,33). The van der Waals surface area contributed by atoms with Crippen LogP contribution >= 0.6 is 11.3 Å². The summed E-state index contributed by atoms with van der Waals surface area (Å²) in [5.41, 5.74) is 1.71. The predicted octanol–water partition coefficient (Wildman–Crippen LogP) is 2.99. The first-order valence-electron chi connectivity index (χ1n) is 12.4. The van der Waals surface area contributed by atoms with E-state index in [1.54, 1.807) is 18.2 Å². The number of carbonyl (C=O) groups is 1. The van der Waals surface area contributed by atoms with E-state index in [-0.39, 0.29) is 17.5 Å².